The predicted octanol–water partition coefficient (Wildman–Crippen LogP) is 4.42. The standard InChI is InChI=1S/C22H30FN3O5S/c1-14(12-15-8-10-26(11-9-15)21(27)30-22(2,3)4)20-24-19(25-31-20)16-6-7-18(17(23)13-16)32(5,28)29/h6-7,13-15H,8-12H2,1-5H3. The number of carbonyl (C=O) groups is 1. The van der Waals surface area contributed by atoms with E-state index in [9.17, 15) is 17.6 Å². The van der Waals surface area contributed by atoms with Crippen molar-refractivity contribution in [3.8, 4) is 11.4 Å². The van der Waals surface area contributed by atoms with Crippen LogP contribution in [0, 0.1) is 11.7 Å². The number of hydrogen-bond donors (Lipinski definition) is 0. The number of benzene rings is 1. The van der Waals surface area contributed by atoms with Gasteiger partial charge in [-0.3, -0.25) is 0 Å². The van der Waals surface area contributed by atoms with Gasteiger partial charge in [0.25, 0.3) is 0 Å². The fourth-order valence-electron chi connectivity index (χ4n) is 3.77. The minimum Gasteiger partial charge on any atom is -0.444 e. The fraction of sp³-hybridized carbons (Fsp3) is 0.591. The number of likely N-dealkylation sites (tertiary alicyclic amines) is 1. The molecule has 0 radical (unpaired) electrons. The Kier molecular flexibility index (Phi) is 6.92. The topological polar surface area (TPSA) is 103 Å². The lowest BCUT2D eigenvalue weighted by atomic mass is 9.88. The van der Waals surface area contributed by atoms with Gasteiger partial charge in [0.15, 0.2) is 9.84 Å². The first kappa shape index (κ1) is 24.2. The monoisotopic (exact) mass is 467 g/mol. The summed E-state index contributed by atoms with van der Waals surface area (Å²) in [5, 5.41) is 3.93. The molecule has 0 aliphatic carbocycles. The van der Waals surface area contributed by atoms with Gasteiger partial charge in [0.1, 0.15) is 16.3 Å². The molecule has 32 heavy (non-hydrogen) atoms. The van der Waals surface area contributed by atoms with E-state index in [0.717, 1.165) is 31.6 Å². The minimum atomic E-state index is -3.65. The lowest BCUT2D eigenvalue weighted by molar-refractivity contribution is 0.0178. The van der Waals surface area contributed by atoms with E-state index in [1.54, 1.807) is 4.90 Å². The van der Waals surface area contributed by atoms with Crippen LogP contribution in [0.25, 0.3) is 11.4 Å². The van der Waals surface area contributed by atoms with Crippen molar-refractivity contribution in [2.24, 2.45) is 5.92 Å². The molecule has 176 valence electrons. The van der Waals surface area contributed by atoms with Crippen molar-refractivity contribution in [3.05, 3.63) is 29.9 Å². The van der Waals surface area contributed by atoms with Gasteiger partial charge in [0.2, 0.25) is 11.7 Å². The van der Waals surface area contributed by atoms with Gasteiger partial charge in [0.05, 0.1) is 0 Å². The third-order valence-electron chi connectivity index (χ3n) is 5.41. The van der Waals surface area contributed by atoms with Gasteiger partial charge in [-0.2, -0.15) is 4.98 Å². The van der Waals surface area contributed by atoms with Crippen molar-refractivity contribution in [3.63, 3.8) is 0 Å². The molecule has 0 saturated carbocycles. The van der Waals surface area contributed by atoms with E-state index in [-0.39, 0.29) is 22.7 Å². The molecule has 10 heteroatoms. The van der Waals surface area contributed by atoms with E-state index in [1.165, 1.54) is 12.1 Å². The molecule has 3 rings (SSSR count). The van der Waals surface area contributed by atoms with Crippen molar-refractivity contribution in [1.82, 2.24) is 15.0 Å². The minimum absolute atomic E-state index is 0.00512. The van der Waals surface area contributed by atoms with Crippen LogP contribution in [0.4, 0.5) is 9.18 Å². The Balaban J connectivity index is 1.58. The summed E-state index contributed by atoms with van der Waals surface area (Å²) in [6.07, 6.45) is 3.23. The molecular formula is C22H30FN3O5S. The molecular weight excluding hydrogens is 437 g/mol. The van der Waals surface area contributed by atoms with E-state index in [4.69, 9.17) is 9.26 Å². The summed E-state index contributed by atoms with van der Waals surface area (Å²) in [6.45, 7) is 8.84. The number of hydrogen-bond acceptors (Lipinski definition) is 7. The molecule has 1 aromatic carbocycles. The largest absolute Gasteiger partial charge is 0.444 e. The molecule has 1 aliphatic heterocycles. The Morgan fingerprint density at radius 3 is 2.53 bits per heavy atom. The van der Waals surface area contributed by atoms with Crippen LogP contribution in [0.2, 0.25) is 0 Å². The average Bonchev–Trinajstić information content (AvgIpc) is 3.16. The molecule has 1 unspecified atom stereocenters. The molecule has 2 aromatic rings. The average molecular weight is 468 g/mol. The lowest BCUT2D eigenvalue weighted by Gasteiger charge is -2.34. The van der Waals surface area contributed by atoms with Gasteiger partial charge in [-0.1, -0.05) is 12.1 Å². The van der Waals surface area contributed by atoms with Gasteiger partial charge in [0, 0.05) is 30.8 Å². The third kappa shape index (κ3) is 6.05. The maximum Gasteiger partial charge on any atom is 0.410 e. The summed E-state index contributed by atoms with van der Waals surface area (Å²) in [6, 6.07) is 3.77. The number of amides is 1. The van der Waals surface area contributed by atoms with Gasteiger partial charge >= 0.3 is 6.09 Å². The van der Waals surface area contributed by atoms with Crippen LogP contribution in [0.1, 0.15) is 58.8 Å². The number of aromatic nitrogens is 2. The number of rotatable bonds is 5. The van der Waals surface area contributed by atoms with Crippen molar-refractivity contribution in [2.75, 3.05) is 19.3 Å². The SMILES string of the molecule is CC(CC1CCN(C(=O)OC(C)(C)C)CC1)c1nc(-c2ccc(S(C)(=O)=O)c(F)c2)no1. The van der Waals surface area contributed by atoms with Crippen LogP contribution in [0.15, 0.2) is 27.6 Å². The zero-order chi connectivity index (χ0) is 23.7. The van der Waals surface area contributed by atoms with Crippen LogP contribution in [-0.2, 0) is 14.6 Å². The second kappa shape index (κ2) is 9.17. The van der Waals surface area contributed by atoms with E-state index >= 15 is 0 Å². The molecule has 2 heterocycles. The molecule has 1 saturated heterocycles. The van der Waals surface area contributed by atoms with Gasteiger partial charge in [-0.15, -0.1) is 0 Å². The molecule has 1 aromatic heterocycles. The Hall–Kier alpha value is -2.49. The van der Waals surface area contributed by atoms with E-state index < -0.39 is 21.3 Å². The highest BCUT2D eigenvalue weighted by Gasteiger charge is 2.29. The summed E-state index contributed by atoms with van der Waals surface area (Å²) in [7, 11) is -3.65. The normalized spacial score (nSPS) is 16.8. The van der Waals surface area contributed by atoms with E-state index in [2.05, 4.69) is 10.1 Å². The van der Waals surface area contributed by atoms with Crippen molar-refractivity contribution < 1.29 is 26.9 Å². The quantitative estimate of drug-likeness (QED) is 0.641. The Morgan fingerprint density at radius 1 is 1.31 bits per heavy atom. The van der Waals surface area contributed by atoms with Crippen LogP contribution < -0.4 is 0 Å². The summed E-state index contributed by atoms with van der Waals surface area (Å²) in [5.74, 6) is 0.217. The van der Waals surface area contributed by atoms with Crippen LogP contribution in [0.3, 0.4) is 0 Å². The highest BCUT2D eigenvalue weighted by atomic mass is 32.2. The number of carbonyl (C=O) groups excluding carboxylic acids is 1. The second-order valence-electron chi connectivity index (χ2n) is 9.42. The molecule has 1 fully saturated rings. The van der Waals surface area contributed by atoms with Crippen LogP contribution in [0.5, 0.6) is 0 Å². The highest BCUT2D eigenvalue weighted by molar-refractivity contribution is 7.90. The summed E-state index contributed by atoms with van der Waals surface area (Å²) in [4.78, 5) is 18.0. The maximum atomic E-state index is 14.2. The summed E-state index contributed by atoms with van der Waals surface area (Å²) in [5.41, 5.74) is -0.158. The first-order valence-electron chi connectivity index (χ1n) is 10.6. The van der Waals surface area contributed by atoms with E-state index in [0.29, 0.717) is 30.5 Å². The second-order valence-corrected chi connectivity index (χ2v) is 11.4. The molecule has 0 bridgehead atoms. The molecule has 8 nitrogen and oxygen atoms in total. The molecule has 1 amide bonds. The number of ether oxygens (including phenoxy) is 1. The smallest absolute Gasteiger partial charge is 0.410 e. The van der Waals surface area contributed by atoms with Gasteiger partial charge in [-0.25, -0.2) is 17.6 Å². The summed E-state index contributed by atoms with van der Waals surface area (Å²) >= 11 is 0. The highest BCUT2D eigenvalue weighted by Crippen LogP contribution is 2.31. The summed E-state index contributed by atoms with van der Waals surface area (Å²) < 4.78 is 48.2. The fourth-order valence-corrected chi connectivity index (χ4v) is 4.50. The Labute approximate surface area is 188 Å². The lowest BCUT2D eigenvalue weighted by Crippen LogP contribution is -2.41. The third-order valence-corrected chi connectivity index (χ3v) is 6.54. The molecule has 0 spiro atoms. The molecule has 0 N–H and O–H groups in total. The van der Waals surface area contributed by atoms with Crippen LogP contribution in [-0.4, -0.2) is 54.5 Å². The maximum absolute atomic E-state index is 14.2. The zero-order valence-electron chi connectivity index (χ0n) is 19.1. The predicted molar refractivity (Wildman–Crippen MR) is 116 cm³/mol. The van der Waals surface area contributed by atoms with Crippen molar-refractivity contribution >= 4 is 15.9 Å². The number of piperidine rings is 1. The van der Waals surface area contributed by atoms with Crippen molar-refractivity contribution in [2.45, 2.75) is 63.4 Å². The van der Waals surface area contributed by atoms with E-state index in [1.807, 2.05) is 27.7 Å². The zero-order valence-corrected chi connectivity index (χ0v) is 19.9. The number of halogens is 1. The van der Waals surface area contributed by atoms with Gasteiger partial charge in [-0.05, 0) is 64.2 Å². The molecule has 1 aliphatic rings. The number of nitrogens with zero attached hydrogens (tertiary/aromatic N) is 3. The number of sulfone groups is 1. The van der Waals surface area contributed by atoms with Gasteiger partial charge < -0.3 is 14.2 Å². The Bertz CT molecular complexity index is 1070. The molecule has 1 atom stereocenters. The van der Waals surface area contributed by atoms with Crippen molar-refractivity contribution in [1.29, 1.82) is 0 Å². The Morgan fingerprint density at radius 2 is 1.97 bits per heavy atom. The first-order chi connectivity index (χ1) is 14.8. The first-order valence-corrected chi connectivity index (χ1v) is 12.5. The van der Waals surface area contributed by atoms with Crippen LogP contribution >= 0.6 is 0 Å².